The molecule has 1 aliphatic heterocycles. The van der Waals surface area contributed by atoms with E-state index in [-0.39, 0.29) is 5.76 Å². The molecule has 162 valence electrons. The van der Waals surface area contributed by atoms with Crippen molar-refractivity contribution in [1.82, 2.24) is 0 Å². The van der Waals surface area contributed by atoms with E-state index >= 15 is 0 Å². The number of methoxy groups -OCH3 is 2. The molecule has 0 atom stereocenters. The maximum atomic E-state index is 12.7. The standard InChI is InChI=1S/C11H9O5.3C4H9.Sn/c1-13-7-3-4-8-9(5-7)16-10(6-15-8)11(12)14-2;3*1-3-4-2;/h3-5H,1-2H3;3*1,3-4H2,2H3;. The molecule has 0 aliphatic carbocycles. The van der Waals surface area contributed by atoms with Crippen LogP contribution in [0.1, 0.15) is 59.3 Å². The van der Waals surface area contributed by atoms with Crippen LogP contribution in [-0.2, 0) is 9.53 Å². The molecule has 29 heavy (non-hydrogen) atoms. The molecule has 0 amide bonds. The van der Waals surface area contributed by atoms with Crippen molar-refractivity contribution in [1.29, 1.82) is 0 Å². The molecule has 0 radical (unpaired) electrons. The van der Waals surface area contributed by atoms with Crippen molar-refractivity contribution >= 4 is 24.3 Å². The first-order chi connectivity index (χ1) is 14.0. The molecule has 1 aromatic carbocycles. The average molecular weight is 511 g/mol. The Balaban J connectivity index is 2.57. The SMILES string of the molecule is CCC[CH2][Sn]([CH2]CCC)([CH2]CCC)[C]1=C(C(=O)OC)Oc2cc(OC)ccc2O1. The molecule has 2 rings (SSSR count). The summed E-state index contributed by atoms with van der Waals surface area (Å²) in [5.74, 6) is 1.67. The van der Waals surface area contributed by atoms with Crippen LogP contribution in [0.5, 0.6) is 17.2 Å². The molecule has 1 aliphatic rings. The quantitative estimate of drug-likeness (QED) is 0.246. The van der Waals surface area contributed by atoms with Crippen molar-refractivity contribution in [3.63, 3.8) is 0 Å². The number of unbranched alkanes of at least 4 members (excludes halogenated alkanes) is 3. The summed E-state index contributed by atoms with van der Waals surface area (Å²) >= 11 is -3.04. The number of fused-ring (bicyclic) bond motifs is 1. The Morgan fingerprint density at radius 3 is 1.97 bits per heavy atom. The first kappa shape index (κ1) is 23.9. The van der Waals surface area contributed by atoms with Crippen molar-refractivity contribution < 1.29 is 23.7 Å². The van der Waals surface area contributed by atoms with Crippen LogP contribution < -0.4 is 14.2 Å². The van der Waals surface area contributed by atoms with E-state index in [2.05, 4.69) is 20.8 Å². The van der Waals surface area contributed by atoms with Gasteiger partial charge in [0.05, 0.1) is 0 Å². The minimum atomic E-state index is -3.04. The van der Waals surface area contributed by atoms with Crippen molar-refractivity contribution in [2.75, 3.05) is 14.2 Å². The fourth-order valence-electron chi connectivity index (χ4n) is 3.93. The monoisotopic (exact) mass is 512 g/mol. The molecule has 0 aromatic heterocycles. The first-order valence-corrected chi connectivity index (χ1v) is 18.4. The second-order valence-corrected chi connectivity index (χ2v) is 20.6. The summed E-state index contributed by atoms with van der Waals surface area (Å²) in [5, 5.41) is 0. The maximum absolute atomic E-state index is 12.7. The predicted molar refractivity (Wildman–Crippen MR) is 118 cm³/mol. The van der Waals surface area contributed by atoms with Gasteiger partial charge in [-0.1, -0.05) is 0 Å². The second kappa shape index (κ2) is 11.7. The molecule has 0 unspecified atom stereocenters. The van der Waals surface area contributed by atoms with E-state index in [1.165, 1.54) is 39.7 Å². The Morgan fingerprint density at radius 2 is 1.48 bits per heavy atom. The summed E-state index contributed by atoms with van der Waals surface area (Å²) in [7, 11) is 3.01. The molecular formula is C23H36O5Sn. The molecule has 1 aromatic rings. The summed E-state index contributed by atoms with van der Waals surface area (Å²) in [5.41, 5.74) is 0. The van der Waals surface area contributed by atoms with Crippen molar-refractivity contribution in [2.24, 2.45) is 0 Å². The van der Waals surface area contributed by atoms with Crippen LogP contribution in [0.4, 0.5) is 0 Å². The number of ether oxygens (including phenoxy) is 4. The Morgan fingerprint density at radius 1 is 0.897 bits per heavy atom. The summed E-state index contributed by atoms with van der Waals surface area (Å²) < 4.78 is 27.4. The minimum absolute atomic E-state index is 0.271. The van der Waals surface area contributed by atoms with Gasteiger partial charge in [0.1, 0.15) is 0 Å². The van der Waals surface area contributed by atoms with Crippen LogP contribution in [0.15, 0.2) is 27.7 Å². The summed E-state index contributed by atoms with van der Waals surface area (Å²) in [6.07, 6.45) is 6.94. The molecule has 0 saturated carbocycles. The molecule has 0 spiro atoms. The van der Waals surface area contributed by atoms with Gasteiger partial charge >= 0.3 is 180 Å². The molecule has 5 nitrogen and oxygen atoms in total. The number of hydrogen-bond donors (Lipinski definition) is 0. The molecule has 0 saturated heterocycles. The molecule has 0 fully saturated rings. The average Bonchev–Trinajstić information content (AvgIpc) is 2.77. The third-order valence-electron chi connectivity index (χ3n) is 5.66. The van der Waals surface area contributed by atoms with E-state index in [1.807, 2.05) is 12.1 Å². The number of carbonyl (C=O) groups excluding carboxylic acids is 1. The van der Waals surface area contributed by atoms with Gasteiger partial charge < -0.3 is 0 Å². The van der Waals surface area contributed by atoms with Gasteiger partial charge in [0.2, 0.25) is 0 Å². The van der Waals surface area contributed by atoms with Gasteiger partial charge in [0.25, 0.3) is 0 Å². The predicted octanol–water partition coefficient (Wildman–Crippen LogP) is 6.24. The van der Waals surface area contributed by atoms with Gasteiger partial charge in [-0.15, -0.1) is 0 Å². The molecule has 1 heterocycles. The Labute approximate surface area is 179 Å². The zero-order valence-electron chi connectivity index (χ0n) is 18.6. The fourth-order valence-corrected chi connectivity index (χ4v) is 19.6. The van der Waals surface area contributed by atoms with E-state index in [0.717, 1.165) is 23.0 Å². The summed E-state index contributed by atoms with van der Waals surface area (Å²) in [6, 6.07) is 5.50. The van der Waals surface area contributed by atoms with Gasteiger partial charge in [-0.25, -0.2) is 0 Å². The zero-order chi connectivity index (χ0) is 21.3. The van der Waals surface area contributed by atoms with Gasteiger partial charge in [0.15, 0.2) is 0 Å². The van der Waals surface area contributed by atoms with Crippen LogP contribution in [0.2, 0.25) is 13.3 Å². The van der Waals surface area contributed by atoms with Gasteiger partial charge in [-0.2, -0.15) is 0 Å². The van der Waals surface area contributed by atoms with Crippen LogP contribution in [-0.4, -0.2) is 38.6 Å². The number of benzene rings is 1. The number of rotatable bonds is 12. The second-order valence-electron chi connectivity index (χ2n) is 7.76. The normalized spacial score (nSPS) is 13.4. The van der Waals surface area contributed by atoms with Crippen LogP contribution in [0.3, 0.4) is 0 Å². The topological polar surface area (TPSA) is 54.0 Å². The summed E-state index contributed by atoms with van der Waals surface area (Å²) in [6.45, 7) is 6.68. The third kappa shape index (κ3) is 5.83. The molecule has 0 N–H and O–H groups in total. The molecule has 6 heteroatoms. The van der Waals surface area contributed by atoms with E-state index in [9.17, 15) is 4.79 Å². The van der Waals surface area contributed by atoms with Crippen molar-refractivity contribution in [3.8, 4) is 17.2 Å². The first-order valence-electron chi connectivity index (χ1n) is 10.9. The zero-order valence-corrected chi connectivity index (χ0v) is 21.5. The van der Waals surface area contributed by atoms with Gasteiger partial charge in [0, 0.05) is 0 Å². The van der Waals surface area contributed by atoms with Crippen molar-refractivity contribution in [2.45, 2.75) is 72.6 Å². The van der Waals surface area contributed by atoms with Crippen molar-refractivity contribution in [3.05, 3.63) is 27.7 Å². The molecular weight excluding hydrogens is 475 g/mol. The fraction of sp³-hybridized carbons (Fsp3) is 0.609. The van der Waals surface area contributed by atoms with E-state index in [4.69, 9.17) is 18.9 Å². The number of carbonyl (C=O) groups is 1. The third-order valence-corrected chi connectivity index (χ3v) is 20.6. The van der Waals surface area contributed by atoms with Crippen LogP contribution >= 0.6 is 0 Å². The van der Waals surface area contributed by atoms with Gasteiger partial charge in [-0.05, 0) is 0 Å². The Kier molecular flexibility index (Phi) is 9.66. The number of hydrogen-bond acceptors (Lipinski definition) is 5. The van der Waals surface area contributed by atoms with E-state index in [0.29, 0.717) is 17.2 Å². The van der Waals surface area contributed by atoms with Crippen LogP contribution in [0.25, 0.3) is 0 Å². The Hall–Kier alpha value is -1.37. The van der Waals surface area contributed by atoms with Gasteiger partial charge in [-0.3, -0.25) is 0 Å². The van der Waals surface area contributed by atoms with E-state index in [1.54, 1.807) is 13.2 Å². The van der Waals surface area contributed by atoms with E-state index < -0.39 is 24.3 Å². The molecule has 0 bridgehead atoms. The summed E-state index contributed by atoms with van der Waals surface area (Å²) in [4.78, 5) is 12.7. The number of esters is 1. The van der Waals surface area contributed by atoms with Crippen LogP contribution in [0, 0.1) is 0 Å². The Bertz CT molecular complexity index is 691.